The van der Waals surface area contributed by atoms with Crippen molar-refractivity contribution in [3.05, 3.63) is 36.2 Å². The fourth-order valence-electron chi connectivity index (χ4n) is 2.63. The van der Waals surface area contributed by atoms with E-state index < -0.39 is 5.97 Å². The van der Waals surface area contributed by atoms with E-state index in [-0.39, 0.29) is 12.0 Å². The van der Waals surface area contributed by atoms with Crippen molar-refractivity contribution in [1.29, 1.82) is 0 Å². The maximum atomic E-state index is 10.6. The van der Waals surface area contributed by atoms with Crippen molar-refractivity contribution in [2.45, 2.75) is 38.8 Å². The zero-order valence-corrected chi connectivity index (χ0v) is 12.2. The number of hydrogen-bond acceptors (Lipinski definition) is 3. The highest BCUT2D eigenvalue weighted by Gasteiger charge is 2.29. The zero-order valence-electron chi connectivity index (χ0n) is 12.2. The van der Waals surface area contributed by atoms with Gasteiger partial charge in [-0.05, 0) is 37.1 Å². The van der Waals surface area contributed by atoms with Crippen LogP contribution in [-0.2, 0) is 17.8 Å². The lowest BCUT2D eigenvalue weighted by Gasteiger charge is -2.16. The van der Waals surface area contributed by atoms with Crippen LogP contribution < -0.4 is 4.74 Å². The molecule has 1 aromatic heterocycles. The molecule has 110 valence electrons. The summed E-state index contributed by atoms with van der Waals surface area (Å²) >= 11 is 0. The summed E-state index contributed by atoms with van der Waals surface area (Å²) in [5, 5.41) is 12.9. The number of rotatable bonds is 4. The Morgan fingerprint density at radius 3 is 3.00 bits per heavy atom. The van der Waals surface area contributed by atoms with Crippen molar-refractivity contribution in [2.24, 2.45) is 0 Å². The highest BCUT2D eigenvalue weighted by molar-refractivity contribution is 5.67. The van der Waals surface area contributed by atoms with E-state index in [9.17, 15) is 4.79 Å². The topological polar surface area (TPSA) is 64.4 Å². The normalized spacial score (nSPS) is 15.5. The number of aryl methyl sites for hydroxylation is 1. The summed E-state index contributed by atoms with van der Waals surface area (Å²) in [6.45, 7) is 4.55. The molecule has 0 fully saturated rings. The summed E-state index contributed by atoms with van der Waals surface area (Å²) < 4.78 is 7.53. The second-order valence-electron chi connectivity index (χ2n) is 6.00. The third-order valence-electron chi connectivity index (χ3n) is 3.58. The van der Waals surface area contributed by atoms with E-state index in [1.807, 2.05) is 18.3 Å². The van der Waals surface area contributed by atoms with Crippen LogP contribution in [0.5, 0.6) is 5.75 Å². The maximum Gasteiger partial charge on any atom is 0.305 e. The number of carboxylic acid groups (broad SMARTS) is 1. The van der Waals surface area contributed by atoms with Gasteiger partial charge in [-0.25, -0.2) is 0 Å². The minimum Gasteiger partial charge on any atom is -0.487 e. The van der Waals surface area contributed by atoms with E-state index in [1.54, 1.807) is 10.9 Å². The molecule has 2 aromatic rings. The SMILES string of the molecule is CC1(C)Cc2cc(-c3cnn(CCC(=O)O)c3)ccc2O1. The van der Waals surface area contributed by atoms with Crippen LogP contribution in [0.3, 0.4) is 0 Å². The van der Waals surface area contributed by atoms with Gasteiger partial charge in [0.15, 0.2) is 0 Å². The number of carboxylic acids is 1. The molecule has 1 N–H and O–H groups in total. The fraction of sp³-hybridized carbons (Fsp3) is 0.375. The molecule has 0 amide bonds. The Morgan fingerprint density at radius 1 is 1.43 bits per heavy atom. The molecule has 0 aliphatic carbocycles. The van der Waals surface area contributed by atoms with Crippen molar-refractivity contribution in [3.63, 3.8) is 0 Å². The van der Waals surface area contributed by atoms with Crippen molar-refractivity contribution >= 4 is 5.97 Å². The number of ether oxygens (including phenoxy) is 1. The van der Waals surface area contributed by atoms with E-state index in [1.165, 1.54) is 5.56 Å². The van der Waals surface area contributed by atoms with Crippen LogP contribution >= 0.6 is 0 Å². The van der Waals surface area contributed by atoms with Crippen LogP contribution in [0.2, 0.25) is 0 Å². The number of aromatic nitrogens is 2. The number of fused-ring (bicyclic) bond motifs is 1. The van der Waals surface area contributed by atoms with Gasteiger partial charge >= 0.3 is 5.97 Å². The van der Waals surface area contributed by atoms with E-state index >= 15 is 0 Å². The third-order valence-corrected chi connectivity index (χ3v) is 3.58. The fourth-order valence-corrected chi connectivity index (χ4v) is 2.63. The molecular weight excluding hydrogens is 268 g/mol. The van der Waals surface area contributed by atoms with Gasteiger partial charge in [-0.2, -0.15) is 5.10 Å². The van der Waals surface area contributed by atoms with Crippen LogP contribution in [0.25, 0.3) is 11.1 Å². The molecule has 2 heterocycles. The van der Waals surface area contributed by atoms with Gasteiger partial charge in [0.1, 0.15) is 11.4 Å². The van der Waals surface area contributed by atoms with Gasteiger partial charge in [0, 0.05) is 18.2 Å². The first kappa shape index (κ1) is 13.7. The van der Waals surface area contributed by atoms with E-state index in [4.69, 9.17) is 9.84 Å². The van der Waals surface area contributed by atoms with Crippen molar-refractivity contribution < 1.29 is 14.6 Å². The largest absolute Gasteiger partial charge is 0.487 e. The second-order valence-corrected chi connectivity index (χ2v) is 6.00. The molecule has 1 aromatic carbocycles. The van der Waals surface area contributed by atoms with Gasteiger partial charge in [0.25, 0.3) is 0 Å². The van der Waals surface area contributed by atoms with E-state index in [2.05, 4.69) is 25.0 Å². The standard InChI is InChI=1S/C16H18N2O3/c1-16(2)8-12-7-11(3-4-14(12)21-16)13-9-17-18(10-13)6-5-15(19)20/h3-4,7,9-10H,5-6,8H2,1-2H3,(H,19,20). The Morgan fingerprint density at radius 2 is 2.24 bits per heavy atom. The molecule has 3 rings (SSSR count). The van der Waals surface area contributed by atoms with Crippen LogP contribution in [0, 0.1) is 0 Å². The summed E-state index contributed by atoms with van der Waals surface area (Å²) in [7, 11) is 0. The van der Waals surface area contributed by atoms with Crippen molar-refractivity contribution in [3.8, 4) is 16.9 Å². The van der Waals surface area contributed by atoms with Crippen LogP contribution in [0.1, 0.15) is 25.8 Å². The summed E-state index contributed by atoms with van der Waals surface area (Å²) in [5.41, 5.74) is 3.13. The van der Waals surface area contributed by atoms with Gasteiger partial charge in [0.05, 0.1) is 19.2 Å². The van der Waals surface area contributed by atoms with Crippen molar-refractivity contribution in [2.75, 3.05) is 0 Å². The first-order chi connectivity index (χ1) is 9.93. The molecule has 5 nitrogen and oxygen atoms in total. The lowest BCUT2D eigenvalue weighted by molar-refractivity contribution is -0.137. The molecule has 0 atom stereocenters. The molecule has 0 radical (unpaired) electrons. The van der Waals surface area contributed by atoms with E-state index in [0.29, 0.717) is 6.54 Å². The molecule has 0 bridgehead atoms. The second kappa shape index (κ2) is 4.91. The Bertz CT molecular complexity index is 689. The highest BCUT2D eigenvalue weighted by atomic mass is 16.5. The Labute approximate surface area is 123 Å². The Kier molecular flexibility index (Phi) is 3.20. The quantitative estimate of drug-likeness (QED) is 0.938. The van der Waals surface area contributed by atoms with Crippen LogP contribution in [-0.4, -0.2) is 26.5 Å². The zero-order chi connectivity index (χ0) is 15.0. The predicted molar refractivity (Wildman–Crippen MR) is 78.3 cm³/mol. The third kappa shape index (κ3) is 2.91. The first-order valence-corrected chi connectivity index (χ1v) is 6.99. The average molecular weight is 286 g/mol. The molecule has 5 heteroatoms. The lowest BCUT2D eigenvalue weighted by atomic mass is 9.99. The monoisotopic (exact) mass is 286 g/mol. The van der Waals surface area contributed by atoms with Crippen LogP contribution in [0.15, 0.2) is 30.6 Å². The Balaban J connectivity index is 1.81. The molecule has 0 unspecified atom stereocenters. The minimum absolute atomic E-state index is 0.0767. The summed E-state index contributed by atoms with van der Waals surface area (Å²) in [6.07, 6.45) is 4.62. The smallest absolute Gasteiger partial charge is 0.305 e. The first-order valence-electron chi connectivity index (χ1n) is 6.99. The average Bonchev–Trinajstić information content (AvgIpc) is 2.97. The summed E-state index contributed by atoms with van der Waals surface area (Å²) in [4.78, 5) is 10.6. The van der Waals surface area contributed by atoms with Crippen molar-refractivity contribution in [1.82, 2.24) is 9.78 Å². The summed E-state index contributed by atoms with van der Waals surface area (Å²) in [5.74, 6) is 0.131. The summed E-state index contributed by atoms with van der Waals surface area (Å²) in [6, 6.07) is 6.13. The molecule has 1 aliphatic rings. The van der Waals surface area contributed by atoms with Gasteiger partial charge < -0.3 is 9.84 Å². The van der Waals surface area contributed by atoms with Crippen LogP contribution in [0.4, 0.5) is 0 Å². The molecule has 21 heavy (non-hydrogen) atoms. The number of nitrogens with zero attached hydrogens (tertiary/aromatic N) is 2. The predicted octanol–water partition coefficient (Wildman–Crippen LogP) is 2.74. The van der Waals surface area contributed by atoms with E-state index in [0.717, 1.165) is 23.3 Å². The number of benzene rings is 1. The Hall–Kier alpha value is -2.30. The number of carbonyl (C=O) groups is 1. The maximum absolute atomic E-state index is 10.6. The number of hydrogen-bond donors (Lipinski definition) is 1. The van der Waals surface area contributed by atoms with Gasteiger partial charge in [-0.3, -0.25) is 9.48 Å². The lowest BCUT2D eigenvalue weighted by Crippen LogP contribution is -2.24. The molecule has 0 saturated carbocycles. The van der Waals surface area contributed by atoms with Gasteiger partial charge in [-0.15, -0.1) is 0 Å². The molecule has 0 spiro atoms. The molecule has 1 aliphatic heterocycles. The van der Waals surface area contributed by atoms with Gasteiger partial charge in [-0.1, -0.05) is 6.07 Å². The molecule has 0 saturated heterocycles. The number of aliphatic carboxylic acids is 1. The van der Waals surface area contributed by atoms with Gasteiger partial charge in [0.2, 0.25) is 0 Å². The molecular formula is C16H18N2O3. The highest BCUT2D eigenvalue weighted by Crippen LogP contribution is 2.37. The minimum atomic E-state index is -0.816.